The highest BCUT2D eigenvalue weighted by molar-refractivity contribution is 5.78. The van der Waals surface area contributed by atoms with Crippen LogP contribution in [0.5, 0.6) is 0 Å². The Morgan fingerprint density at radius 2 is 2.07 bits per heavy atom. The van der Waals surface area contributed by atoms with Gasteiger partial charge in [-0.1, -0.05) is 12.1 Å². The molecule has 1 heterocycles. The molecule has 1 atom stereocenters. The van der Waals surface area contributed by atoms with E-state index in [1.165, 1.54) is 11.1 Å². The van der Waals surface area contributed by atoms with Gasteiger partial charge in [0.1, 0.15) is 6.73 Å². The van der Waals surface area contributed by atoms with Crippen molar-refractivity contribution in [2.45, 2.75) is 44.2 Å². The van der Waals surface area contributed by atoms with Gasteiger partial charge in [0, 0.05) is 44.6 Å². The van der Waals surface area contributed by atoms with E-state index in [0.29, 0.717) is 18.8 Å². The molecule has 0 saturated heterocycles. The largest absolute Gasteiger partial charge is 0.381 e. The fraction of sp³-hybridized carbons (Fsp3) is 0.522. The number of guanidine groups is 1. The normalized spacial score (nSPS) is 26.0. The van der Waals surface area contributed by atoms with Gasteiger partial charge >= 0.3 is 0 Å². The first kappa shape index (κ1) is 20.8. The molecule has 1 aromatic carbocycles. The number of rotatable bonds is 5. The number of hydrogen-bond acceptors (Lipinski definition) is 5. The zero-order chi connectivity index (χ0) is 21.1. The summed E-state index contributed by atoms with van der Waals surface area (Å²) in [6.07, 6.45) is 10.9. The van der Waals surface area contributed by atoms with Crippen molar-refractivity contribution in [2.75, 3.05) is 28.0 Å². The van der Waals surface area contributed by atoms with Crippen molar-refractivity contribution < 1.29 is 9.47 Å². The zero-order valence-electron chi connectivity index (χ0n) is 18.0. The molecule has 2 N–H and O–H groups in total. The predicted octanol–water partition coefficient (Wildman–Crippen LogP) is 3.17. The van der Waals surface area contributed by atoms with Crippen LogP contribution in [0.2, 0.25) is 0 Å². The van der Waals surface area contributed by atoms with Gasteiger partial charge in [-0.25, -0.2) is 4.99 Å². The van der Waals surface area contributed by atoms with Crippen molar-refractivity contribution in [1.29, 1.82) is 0 Å². The Hall–Kier alpha value is -2.51. The van der Waals surface area contributed by atoms with Crippen LogP contribution in [-0.4, -0.2) is 54.9 Å². The maximum atomic E-state index is 6.38. The molecule has 2 aromatic rings. The molecule has 7 heteroatoms. The van der Waals surface area contributed by atoms with E-state index in [2.05, 4.69) is 28.2 Å². The molecule has 0 amide bonds. The van der Waals surface area contributed by atoms with Crippen LogP contribution < -0.4 is 5.73 Å². The molecule has 1 aromatic heterocycles. The Bertz CT molecular complexity index is 894. The van der Waals surface area contributed by atoms with E-state index >= 15 is 0 Å². The monoisotopic (exact) mass is 409 g/mol. The molecule has 0 aliphatic heterocycles. The number of methoxy groups -OCH3 is 2. The number of nitrogens with two attached hydrogens (primary N) is 1. The van der Waals surface area contributed by atoms with Crippen molar-refractivity contribution in [3.05, 3.63) is 47.9 Å². The molecule has 1 unspecified atom stereocenters. The Balaban J connectivity index is 1.73. The number of ether oxygens (including phenoxy) is 2. The highest BCUT2D eigenvalue weighted by atomic mass is 16.5. The van der Waals surface area contributed by atoms with Gasteiger partial charge in [0.15, 0.2) is 5.96 Å². The highest BCUT2D eigenvalue weighted by Gasteiger charge is 2.48. The summed E-state index contributed by atoms with van der Waals surface area (Å²) >= 11 is 0. The van der Waals surface area contributed by atoms with Crippen LogP contribution >= 0.6 is 0 Å². The standard InChI is InChI=1S/C23H31N5O2/c1-28(15-29-2)22(24)27-21-19-12-16(20-14-25-10-11-26-20)4-5-17(19)13-23(21)8-6-18(30-3)7-9-23/h4-5,10-12,14,18,21H,6-9,13,15H2,1-3H3,(H2,24,27). The second kappa shape index (κ2) is 8.70. The Labute approximate surface area is 178 Å². The van der Waals surface area contributed by atoms with E-state index in [4.69, 9.17) is 20.2 Å². The summed E-state index contributed by atoms with van der Waals surface area (Å²) in [6, 6.07) is 6.62. The highest BCUT2D eigenvalue weighted by Crippen LogP contribution is 2.56. The van der Waals surface area contributed by atoms with Crippen LogP contribution in [0.4, 0.5) is 0 Å². The van der Waals surface area contributed by atoms with Crippen molar-refractivity contribution >= 4 is 5.96 Å². The van der Waals surface area contributed by atoms with Crippen LogP contribution in [0.3, 0.4) is 0 Å². The first-order valence-corrected chi connectivity index (χ1v) is 10.5. The summed E-state index contributed by atoms with van der Waals surface area (Å²) in [5, 5.41) is 0. The molecule has 2 aliphatic carbocycles. The van der Waals surface area contributed by atoms with Crippen molar-refractivity contribution in [3.63, 3.8) is 0 Å². The minimum absolute atomic E-state index is 0.0150. The minimum Gasteiger partial charge on any atom is -0.381 e. The SMILES string of the molecule is COCN(C)/C(N)=N\C1c2cc(-c3cnccn3)ccc2CC12CCC(OC)CC2. The van der Waals surface area contributed by atoms with Gasteiger partial charge in [-0.3, -0.25) is 9.97 Å². The minimum atomic E-state index is 0.0150. The van der Waals surface area contributed by atoms with Gasteiger partial charge in [-0.15, -0.1) is 0 Å². The lowest BCUT2D eigenvalue weighted by Crippen LogP contribution is -2.38. The molecule has 0 radical (unpaired) electrons. The van der Waals surface area contributed by atoms with Gasteiger partial charge in [0.05, 0.1) is 24.0 Å². The lowest BCUT2D eigenvalue weighted by Gasteiger charge is -2.40. The fourth-order valence-electron chi connectivity index (χ4n) is 4.97. The van der Waals surface area contributed by atoms with E-state index in [1.807, 2.05) is 19.1 Å². The third kappa shape index (κ3) is 3.91. The number of aliphatic imine (C=N–C) groups is 1. The van der Waals surface area contributed by atoms with E-state index < -0.39 is 0 Å². The molecule has 1 fully saturated rings. The third-order valence-electron chi connectivity index (χ3n) is 6.66. The average Bonchev–Trinajstić information content (AvgIpc) is 3.07. The molecular weight excluding hydrogens is 378 g/mol. The first-order valence-electron chi connectivity index (χ1n) is 10.5. The summed E-state index contributed by atoms with van der Waals surface area (Å²) in [4.78, 5) is 15.6. The van der Waals surface area contributed by atoms with Crippen LogP contribution in [0, 0.1) is 5.41 Å². The molecule has 7 nitrogen and oxygen atoms in total. The van der Waals surface area contributed by atoms with E-state index in [1.54, 1.807) is 25.7 Å². The van der Waals surface area contributed by atoms with Crippen LogP contribution in [0.15, 0.2) is 41.8 Å². The van der Waals surface area contributed by atoms with Crippen LogP contribution in [-0.2, 0) is 15.9 Å². The molecular formula is C23H31N5O2. The third-order valence-corrected chi connectivity index (χ3v) is 6.66. The molecule has 2 aliphatic rings. The first-order chi connectivity index (χ1) is 14.6. The van der Waals surface area contributed by atoms with Gasteiger partial charge in [0.25, 0.3) is 0 Å². The Kier molecular flexibility index (Phi) is 6.01. The van der Waals surface area contributed by atoms with Crippen molar-refractivity contribution in [3.8, 4) is 11.3 Å². The van der Waals surface area contributed by atoms with Gasteiger partial charge < -0.3 is 20.1 Å². The summed E-state index contributed by atoms with van der Waals surface area (Å²) in [5.74, 6) is 0.507. The zero-order valence-corrected chi connectivity index (χ0v) is 18.0. The Morgan fingerprint density at radius 3 is 2.73 bits per heavy atom. The topological polar surface area (TPSA) is 85.9 Å². The molecule has 1 spiro atoms. The van der Waals surface area contributed by atoms with Crippen LogP contribution in [0.25, 0.3) is 11.3 Å². The maximum absolute atomic E-state index is 6.38. The summed E-state index contributed by atoms with van der Waals surface area (Å²) in [7, 11) is 5.38. The number of benzene rings is 1. The smallest absolute Gasteiger partial charge is 0.193 e. The number of aromatic nitrogens is 2. The molecule has 30 heavy (non-hydrogen) atoms. The van der Waals surface area contributed by atoms with E-state index in [9.17, 15) is 0 Å². The maximum Gasteiger partial charge on any atom is 0.193 e. The Morgan fingerprint density at radius 1 is 1.27 bits per heavy atom. The molecule has 160 valence electrons. The van der Waals surface area contributed by atoms with Gasteiger partial charge in [-0.05, 0) is 49.3 Å². The summed E-state index contributed by atoms with van der Waals surface area (Å²) < 4.78 is 10.9. The quantitative estimate of drug-likeness (QED) is 0.464. The average molecular weight is 410 g/mol. The lowest BCUT2D eigenvalue weighted by molar-refractivity contribution is 0.0208. The number of nitrogens with zero attached hydrogens (tertiary/aromatic N) is 4. The lowest BCUT2D eigenvalue weighted by atomic mass is 9.68. The van der Waals surface area contributed by atoms with Crippen molar-refractivity contribution in [1.82, 2.24) is 14.9 Å². The molecule has 0 bridgehead atoms. The predicted molar refractivity (Wildman–Crippen MR) is 117 cm³/mol. The van der Waals surface area contributed by atoms with Gasteiger partial charge in [-0.2, -0.15) is 0 Å². The number of hydrogen-bond donors (Lipinski definition) is 1. The fourth-order valence-corrected chi connectivity index (χ4v) is 4.97. The molecule has 1 saturated carbocycles. The van der Waals surface area contributed by atoms with E-state index in [0.717, 1.165) is 43.4 Å². The summed E-state index contributed by atoms with van der Waals surface area (Å²) in [6.45, 7) is 0.410. The second-order valence-electron chi connectivity index (χ2n) is 8.48. The van der Waals surface area contributed by atoms with Crippen LogP contribution in [0.1, 0.15) is 42.9 Å². The van der Waals surface area contributed by atoms with Gasteiger partial charge in [0.2, 0.25) is 0 Å². The second-order valence-corrected chi connectivity index (χ2v) is 8.48. The van der Waals surface area contributed by atoms with Crippen molar-refractivity contribution in [2.24, 2.45) is 16.1 Å². The van der Waals surface area contributed by atoms with E-state index in [-0.39, 0.29) is 11.5 Å². The summed E-state index contributed by atoms with van der Waals surface area (Å²) in [5.41, 5.74) is 11.0. The molecule has 4 rings (SSSR count). The number of fused-ring (bicyclic) bond motifs is 1.